The minimum atomic E-state index is -0.438. The topological polar surface area (TPSA) is 55.1 Å². The van der Waals surface area contributed by atoms with E-state index in [1.807, 2.05) is 38.1 Å². The Bertz CT molecular complexity index is 377. The van der Waals surface area contributed by atoms with Crippen LogP contribution in [0, 0.1) is 5.41 Å². The highest BCUT2D eigenvalue weighted by Gasteiger charge is 2.32. The molecule has 0 spiro atoms. The Morgan fingerprint density at radius 2 is 1.83 bits per heavy atom. The second kappa shape index (κ2) is 6.76. The van der Waals surface area contributed by atoms with Gasteiger partial charge in [-0.05, 0) is 30.5 Å². The van der Waals surface area contributed by atoms with Gasteiger partial charge in [0.1, 0.15) is 0 Å². The quantitative estimate of drug-likeness (QED) is 0.834. The number of halogens is 1. The highest BCUT2D eigenvalue weighted by Crippen LogP contribution is 2.25. The molecule has 1 aromatic carbocycles. The lowest BCUT2D eigenvalue weighted by atomic mass is 9.81. The second-order valence-corrected chi connectivity index (χ2v) is 4.94. The zero-order valence-electron chi connectivity index (χ0n) is 11.0. The first kappa shape index (κ1) is 15.0. The lowest BCUT2D eigenvalue weighted by Gasteiger charge is -2.28. The van der Waals surface area contributed by atoms with E-state index in [2.05, 4.69) is 5.32 Å². The van der Waals surface area contributed by atoms with Crippen LogP contribution in [-0.2, 0) is 11.3 Å². The van der Waals surface area contributed by atoms with Crippen molar-refractivity contribution in [1.82, 2.24) is 5.32 Å². The Morgan fingerprint density at radius 1 is 1.28 bits per heavy atom. The van der Waals surface area contributed by atoms with Crippen LogP contribution in [0.2, 0.25) is 5.02 Å². The van der Waals surface area contributed by atoms with Crippen molar-refractivity contribution in [1.29, 1.82) is 0 Å². The van der Waals surface area contributed by atoms with Crippen molar-refractivity contribution in [2.45, 2.75) is 33.2 Å². The van der Waals surface area contributed by atoms with E-state index < -0.39 is 5.41 Å². The minimum absolute atomic E-state index is 0.0324. The molecule has 0 atom stereocenters. The number of carbonyl (C=O) groups excluding carboxylic acids is 1. The minimum Gasteiger partial charge on any atom is -0.352 e. The van der Waals surface area contributed by atoms with Gasteiger partial charge in [-0.1, -0.05) is 37.6 Å². The van der Waals surface area contributed by atoms with Gasteiger partial charge in [0.2, 0.25) is 5.91 Å². The molecular formula is C14H21ClN2O. The Labute approximate surface area is 114 Å². The van der Waals surface area contributed by atoms with E-state index in [1.54, 1.807) is 0 Å². The van der Waals surface area contributed by atoms with Crippen molar-refractivity contribution < 1.29 is 4.79 Å². The fourth-order valence-electron chi connectivity index (χ4n) is 1.92. The lowest BCUT2D eigenvalue weighted by Crippen LogP contribution is -2.45. The summed E-state index contributed by atoms with van der Waals surface area (Å²) in [5.74, 6) is 0.0324. The number of hydrogen-bond donors (Lipinski definition) is 2. The van der Waals surface area contributed by atoms with Crippen LogP contribution in [0.4, 0.5) is 0 Å². The normalized spacial score (nSPS) is 11.3. The Kier molecular flexibility index (Phi) is 5.63. The largest absolute Gasteiger partial charge is 0.352 e. The van der Waals surface area contributed by atoms with Crippen LogP contribution in [0.1, 0.15) is 32.3 Å². The molecule has 1 aromatic rings. The standard InChI is InChI=1S/C14H21ClN2O/c1-3-14(4-2,10-16)13(18)17-9-11-5-7-12(15)8-6-11/h5-8H,3-4,9-10,16H2,1-2H3,(H,17,18). The average molecular weight is 269 g/mol. The summed E-state index contributed by atoms with van der Waals surface area (Å²) >= 11 is 5.81. The molecule has 4 heteroatoms. The molecule has 0 bridgehead atoms. The van der Waals surface area contributed by atoms with E-state index in [9.17, 15) is 4.79 Å². The molecule has 0 saturated carbocycles. The predicted molar refractivity (Wildman–Crippen MR) is 75.4 cm³/mol. The Morgan fingerprint density at radius 3 is 2.28 bits per heavy atom. The molecule has 0 aliphatic rings. The molecule has 0 saturated heterocycles. The molecule has 0 fully saturated rings. The maximum absolute atomic E-state index is 12.2. The first-order chi connectivity index (χ1) is 8.57. The molecular weight excluding hydrogens is 248 g/mol. The van der Waals surface area contributed by atoms with Crippen molar-refractivity contribution in [3.8, 4) is 0 Å². The van der Waals surface area contributed by atoms with E-state index in [-0.39, 0.29) is 5.91 Å². The lowest BCUT2D eigenvalue weighted by molar-refractivity contribution is -0.131. The Balaban J connectivity index is 2.62. The Hall–Kier alpha value is -1.06. The first-order valence-corrected chi connectivity index (χ1v) is 6.68. The summed E-state index contributed by atoms with van der Waals surface area (Å²) in [6.45, 7) is 4.89. The summed E-state index contributed by atoms with van der Waals surface area (Å²) in [5, 5.41) is 3.65. The molecule has 3 N–H and O–H groups in total. The molecule has 3 nitrogen and oxygen atoms in total. The predicted octanol–water partition coefficient (Wildman–Crippen LogP) is 2.72. The van der Waals surface area contributed by atoms with E-state index >= 15 is 0 Å². The number of benzene rings is 1. The maximum Gasteiger partial charge on any atom is 0.227 e. The van der Waals surface area contributed by atoms with Gasteiger partial charge in [0.25, 0.3) is 0 Å². The highest BCUT2D eigenvalue weighted by atomic mass is 35.5. The van der Waals surface area contributed by atoms with Gasteiger partial charge >= 0.3 is 0 Å². The van der Waals surface area contributed by atoms with Gasteiger partial charge in [-0.3, -0.25) is 4.79 Å². The van der Waals surface area contributed by atoms with Crippen molar-refractivity contribution in [2.24, 2.45) is 11.1 Å². The van der Waals surface area contributed by atoms with Gasteiger partial charge in [-0.2, -0.15) is 0 Å². The third-order valence-electron chi connectivity index (χ3n) is 3.59. The monoisotopic (exact) mass is 268 g/mol. The summed E-state index contributed by atoms with van der Waals surface area (Å²) in [6, 6.07) is 7.45. The molecule has 0 radical (unpaired) electrons. The van der Waals surface area contributed by atoms with E-state index in [4.69, 9.17) is 17.3 Å². The molecule has 1 rings (SSSR count). The third-order valence-corrected chi connectivity index (χ3v) is 3.84. The van der Waals surface area contributed by atoms with Gasteiger partial charge in [-0.25, -0.2) is 0 Å². The van der Waals surface area contributed by atoms with Crippen molar-refractivity contribution in [3.63, 3.8) is 0 Å². The highest BCUT2D eigenvalue weighted by molar-refractivity contribution is 6.30. The molecule has 100 valence electrons. The molecule has 0 aliphatic heterocycles. The smallest absolute Gasteiger partial charge is 0.227 e. The summed E-state index contributed by atoms with van der Waals surface area (Å²) in [7, 11) is 0. The summed E-state index contributed by atoms with van der Waals surface area (Å²) in [4.78, 5) is 12.2. The number of amides is 1. The number of nitrogens with two attached hydrogens (primary N) is 1. The van der Waals surface area contributed by atoms with Crippen molar-refractivity contribution in [3.05, 3.63) is 34.9 Å². The molecule has 0 aromatic heterocycles. The van der Waals surface area contributed by atoms with Crippen molar-refractivity contribution in [2.75, 3.05) is 6.54 Å². The SMILES string of the molecule is CCC(CC)(CN)C(=O)NCc1ccc(Cl)cc1. The third kappa shape index (κ3) is 3.47. The van der Waals surface area contributed by atoms with Gasteiger partial charge in [0.05, 0.1) is 5.41 Å². The van der Waals surface area contributed by atoms with Gasteiger partial charge in [0, 0.05) is 18.1 Å². The van der Waals surface area contributed by atoms with Crippen LogP contribution in [0.25, 0.3) is 0 Å². The number of carbonyl (C=O) groups is 1. The second-order valence-electron chi connectivity index (χ2n) is 4.50. The molecule has 1 amide bonds. The average Bonchev–Trinajstić information content (AvgIpc) is 2.41. The fraction of sp³-hybridized carbons (Fsp3) is 0.500. The van der Waals surface area contributed by atoms with Gasteiger partial charge < -0.3 is 11.1 Å². The van der Waals surface area contributed by atoms with Gasteiger partial charge in [-0.15, -0.1) is 0 Å². The molecule has 18 heavy (non-hydrogen) atoms. The van der Waals surface area contributed by atoms with Crippen LogP contribution < -0.4 is 11.1 Å². The first-order valence-electron chi connectivity index (χ1n) is 6.30. The molecule has 0 aliphatic carbocycles. The number of rotatable bonds is 6. The zero-order valence-corrected chi connectivity index (χ0v) is 11.8. The zero-order chi connectivity index (χ0) is 13.6. The van der Waals surface area contributed by atoms with Crippen LogP contribution in [-0.4, -0.2) is 12.5 Å². The molecule has 0 unspecified atom stereocenters. The summed E-state index contributed by atoms with van der Waals surface area (Å²) < 4.78 is 0. The summed E-state index contributed by atoms with van der Waals surface area (Å²) in [5.41, 5.74) is 6.34. The van der Waals surface area contributed by atoms with Crippen molar-refractivity contribution >= 4 is 17.5 Å². The van der Waals surface area contributed by atoms with E-state index in [0.717, 1.165) is 18.4 Å². The fourth-order valence-corrected chi connectivity index (χ4v) is 2.05. The van der Waals surface area contributed by atoms with Crippen LogP contribution in [0.5, 0.6) is 0 Å². The maximum atomic E-state index is 12.2. The number of nitrogens with one attached hydrogen (secondary N) is 1. The van der Waals surface area contributed by atoms with Gasteiger partial charge in [0.15, 0.2) is 0 Å². The van der Waals surface area contributed by atoms with E-state index in [1.165, 1.54) is 0 Å². The van der Waals surface area contributed by atoms with Crippen LogP contribution >= 0.6 is 11.6 Å². The van der Waals surface area contributed by atoms with Crippen LogP contribution in [0.3, 0.4) is 0 Å². The van der Waals surface area contributed by atoms with E-state index in [0.29, 0.717) is 18.1 Å². The summed E-state index contributed by atoms with van der Waals surface area (Å²) in [6.07, 6.45) is 1.51. The molecule has 0 heterocycles. The number of hydrogen-bond acceptors (Lipinski definition) is 2. The van der Waals surface area contributed by atoms with Crippen LogP contribution in [0.15, 0.2) is 24.3 Å².